The fourth-order valence-electron chi connectivity index (χ4n) is 4.71. The zero-order chi connectivity index (χ0) is 26.1. The lowest BCUT2D eigenvalue weighted by Crippen LogP contribution is -2.61. The summed E-state index contributed by atoms with van der Waals surface area (Å²) >= 11 is 0. The van der Waals surface area contributed by atoms with Crippen molar-refractivity contribution in [1.82, 2.24) is 15.5 Å². The summed E-state index contributed by atoms with van der Waals surface area (Å²) in [6, 6.07) is 12.0. The number of hydrogen-bond donors (Lipinski definition) is 3. The molecule has 2 amide bonds. The number of hydrogen-bond acceptors (Lipinski definition) is 4. The Bertz CT molecular complexity index is 1140. The second kappa shape index (κ2) is 9.83. The Balaban J connectivity index is 1.49. The zero-order valence-electron chi connectivity index (χ0n) is 20.1. The van der Waals surface area contributed by atoms with Gasteiger partial charge in [0.2, 0.25) is 5.91 Å². The standard InChI is InChI=1S/C26H29F3N4O3/c1-3-25(4-2)14-22(34)33(24(30)32-25)15-16-8-7-9-17(12-16)23(35)31-19-13-21(26(27,28)29)36-20-11-6-5-10-18(19)20/h5-12,19,21H,3-4,13-15H2,1-2H3,(H2,30,32)(H,31,35)/t19-,21+/m0/s1. The molecule has 2 aliphatic rings. The van der Waals surface area contributed by atoms with E-state index in [-0.39, 0.29) is 36.1 Å². The van der Waals surface area contributed by atoms with E-state index >= 15 is 0 Å². The number of guanidine groups is 1. The Morgan fingerprint density at radius 2 is 1.92 bits per heavy atom. The summed E-state index contributed by atoms with van der Waals surface area (Å²) in [6.45, 7) is 4.05. The number of nitrogens with one attached hydrogen (secondary N) is 3. The lowest BCUT2D eigenvalue weighted by Gasteiger charge is -2.42. The van der Waals surface area contributed by atoms with E-state index in [2.05, 4.69) is 10.6 Å². The van der Waals surface area contributed by atoms with Gasteiger partial charge < -0.3 is 15.4 Å². The van der Waals surface area contributed by atoms with Gasteiger partial charge >= 0.3 is 6.18 Å². The van der Waals surface area contributed by atoms with Crippen molar-refractivity contribution in [1.29, 1.82) is 5.41 Å². The van der Waals surface area contributed by atoms with Crippen LogP contribution in [0.15, 0.2) is 48.5 Å². The van der Waals surface area contributed by atoms with Crippen LogP contribution in [0.25, 0.3) is 0 Å². The molecule has 3 N–H and O–H groups in total. The molecule has 0 aromatic heterocycles. The van der Waals surface area contributed by atoms with Crippen LogP contribution in [0.4, 0.5) is 13.2 Å². The highest BCUT2D eigenvalue weighted by Crippen LogP contribution is 2.40. The average molecular weight is 503 g/mol. The van der Waals surface area contributed by atoms with Crippen LogP contribution in [0.5, 0.6) is 5.75 Å². The largest absolute Gasteiger partial charge is 0.480 e. The maximum Gasteiger partial charge on any atom is 0.425 e. The first-order valence-corrected chi connectivity index (χ1v) is 11.9. The predicted octanol–water partition coefficient (Wildman–Crippen LogP) is 4.69. The van der Waals surface area contributed by atoms with Crippen LogP contribution >= 0.6 is 0 Å². The topological polar surface area (TPSA) is 94.5 Å². The van der Waals surface area contributed by atoms with E-state index in [9.17, 15) is 22.8 Å². The van der Waals surface area contributed by atoms with Crippen LogP contribution in [-0.4, -0.2) is 40.5 Å². The lowest BCUT2D eigenvalue weighted by molar-refractivity contribution is -0.201. The van der Waals surface area contributed by atoms with Crippen molar-refractivity contribution in [2.75, 3.05) is 0 Å². The maximum atomic E-state index is 13.4. The third kappa shape index (κ3) is 5.17. The molecule has 2 atom stereocenters. The normalized spacial score (nSPS) is 21.3. The third-order valence-corrected chi connectivity index (χ3v) is 7.01. The quantitative estimate of drug-likeness (QED) is 0.534. The second-order valence-corrected chi connectivity index (χ2v) is 9.27. The molecule has 0 aliphatic carbocycles. The molecule has 0 saturated carbocycles. The number of rotatable bonds is 6. The number of halogens is 3. The van der Waals surface area contributed by atoms with Gasteiger partial charge in [-0.05, 0) is 36.6 Å². The average Bonchev–Trinajstić information content (AvgIpc) is 2.85. The van der Waals surface area contributed by atoms with Gasteiger partial charge in [-0.25, -0.2) is 0 Å². The first kappa shape index (κ1) is 25.5. The smallest absolute Gasteiger partial charge is 0.425 e. The van der Waals surface area contributed by atoms with Gasteiger partial charge in [-0.2, -0.15) is 13.2 Å². The monoisotopic (exact) mass is 502 g/mol. The van der Waals surface area contributed by atoms with E-state index in [0.717, 1.165) is 0 Å². The van der Waals surface area contributed by atoms with Crippen molar-refractivity contribution < 1.29 is 27.5 Å². The number of ether oxygens (including phenoxy) is 1. The van der Waals surface area contributed by atoms with Crippen molar-refractivity contribution in [2.24, 2.45) is 0 Å². The Labute approximate surface area is 207 Å². The number of amides is 2. The first-order chi connectivity index (χ1) is 17.0. The van der Waals surface area contributed by atoms with Gasteiger partial charge in [0.05, 0.1) is 19.0 Å². The molecule has 2 aromatic carbocycles. The van der Waals surface area contributed by atoms with Gasteiger partial charge in [-0.15, -0.1) is 0 Å². The molecule has 1 saturated heterocycles. The summed E-state index contributed by atoms with van der Waals surface area (Å²) in [6.07, 6.45) is -5.33. The minimum Gasteiger partial charge on any atom is -0.480 e. The van der Waals surface area contributed by atoms with Crippen LogP contribution in [0.3, 0.4) is 0 Å². The molecular weight excluding hydrogens is 473 g/mol. The van der Waals surface area contributed by atoms with Crippen LogP contribution < -0.4 is 15.4 Å². The summed E-state index contributed by atoms with van der Waals surface area (Å²) in [5.74, 6) is -0.597. The highest BCUT2D eigenvalue weighted by Gasteiger charge is 2.46. The van der Waals surface area contributed by atoms with Gasteiger partial charge in [0.25, 0.3) is 5.91 Å². The van der Waals surface area contributed by atoms with E-state index in [1.165, 1.54) is 11.0 Å². The summed E-state index contributed by atoms with van der Waals surface area (Å²) < 4.78 is 45.4. The zero-order valence-corrected chi connectivity index (χ0v) is 20.1. The predicted molar refractivity (Wildman–Crippen MR) is 128 cm³/mol. The van der Waals surface area contributed by atoms with Crippen LogP contribution in [0, 0.1) is 5.41 Å². The Morgan fingerprint density at radius 3 is 2.58 bits per heavy atom. The van der Waals surface area contributed by atoms with Crippen LogP contribution in [-0.2, 0) is 11.3 Å². The Morgan fingerprint density at radius 1 is 1.19 bits per heavy atom. The van der Waals surface area contributed by atoms with E-state index in [0.29, 0.717) is 24.0 Å². The number of nitrogens with zero attached hydrogens (tertiary/aromatic N) is 1. The highest BCUT2D eigenvalue weighted by atomic mass is 19.4. The number of benzene rings is 2. The number of alkyl halides is 3. The van der Waals surface area contributed by atoms with Gasteiger partial charge in [0.1, 0.15) is 5.75 Å². The van der Waals surface area contributed by atoms with Crippen molar-refractivity contribution in [2.45, 2.75) is 69.9 Å². The van der Waals surface area contributed by atoms with Crippen LogP contribution in [0.2, 0.25) is 0 Å². The van der Waals surface area contributed by atoms with Crippen molar-refractivity contribution in [3.05, 3.63) is 65.2 Å². The van der Waals surface area contributed by atoms with Gasteiger partial charge in [0, 0.05) is 23.1 Å². The van der Waals surface area contributed by atoms with Crippen molar-refractivity contribution in [3.8, 4) is 5.75 Å². The summed E-state index contributed by atoms with van der Waals surface area (Å²) in [4.78, 5) is 27.2. The molecule has 0 unspecified atom stereocenters. The van der Waals surface area contributed by atoms with Gasteiger partial charge in [-0.3, -0.25) is 19.9 Å². The molecule has 0 spiro atoms. The number of para-hydroxylation sites is 1. The molecular formula is C26H29F3N4O3. The Hall–Kier alpha value is -3.56. The minimum absolute atomic E-state index is 0.0156. The number of carbonyl (C=O) groups excluding carboxylic acids is 2. The second-order valence-electron chi connectivity index (χ2n) is 9.27. The van der Waals surface area contributed by atoms with E-state index in [1.807, 2.05) is 13.8 Å². The molecule has 2 aliphatic heterocycles. The molecule has 0 bridgehead atoms. The summed E-state index contributed by atoms with van der Waals surface area (Å²) in [5.41, 5.74) is 0.932. The first-order valence-electron chi connectivity index (χ1n) is 11.9. The molecule has 0 radical (unpaired) electrons. The van der Waals surface area contributed by atoms with E-state index in [1.54, 1.807) is 42.5 Å². The molecule has 10 heteroatoms. The summed E-state index contributed by atoms with van der Waals surface area (Å²) in [7, 11) is 0. The fraction of sp³-hybridized carbons (Fsp3) is 0.423. The molecule has 4 rings (SSSR count). The van der Waals surface area contributed by atoms with Gasteiger partial charge in [-0.1, -0.05) is 44.2 Å². The number of carbonyl (C=O) groups is 2. The molecule has 2 aromatic rings. The van der Waals surface area contributed by atoms with Crippen molar-refractivity contribution >= 4 is 17.8 Å². The maximum absolute atomic E-state index is 13.4. The third-order valence-electron chi connectivity index (χ3n) is 7.01. The highest BCUT2D eigenvalue weighted by molar-refractivity contribution is 5.99. The molecule has 192 valence electrons. The summed E-state index contributed by atoms with van der Waals surface area (Å²) in [5, 5.41) is 14.2. The van der Waals surface area contributed by atoms with Gasteiger partial charge in [0.15, 0.2) is 12.1 Å². The molecule has 2 heterocycles. The van der Waals surface area contributed by atoms with E-state index in [4.69, 9.17) is 10.1 Å². The molecule has 7 nitrogen and oxygen atoms in total. The van der Waals surface area contributed by atoms with Crippen molar-refractivity contribution in [3.63, 3.8) is 0 Å². The van der Waals surface area contributed by atoms with E-state index < -0.39 is 36.2 Å². The SMILES string of the molecule is CCC1(CC)CC(=O)N(Cc2cccc(C(=O)N[C@H]3C[C@H](C(F)(F)F)Oc4ccccc43)c2)C(=N)N1. The van der Waals surface area contributed by atoms with Crippen LogP contribution in [0.1, 0.15) is 67.1 Å². The Kier molecular flexibility index (Phi) is 6.97. The number of fused-ring (bicyclic) bond motifs is 1. The fourth-order valence-corrected chi connectivity index (χ4v) is 4.71. The minimum atomic E-state index is -4.57. The molecule has 1 fully saturated rings. The molecule has 36 heavy (non-hydrogen) atoms. The lowest BCUT2D eigenvalue weighted by atomic mass is 9.87.